The van der Waals surface area contributed by atoms with Gasteiger partial charge in [0.05, 0.1) is 6.61 Å². The van der Waals surface area contributed by atoms with Crippen LogP contribution in [0.15, 0.2) is 24.3 Å². The minimum atomic E-state index is 0.113. The van der Waals surface area contributed by atoms with E-state index in [4.69, 9.17) is 4.74 Å². The molecule has 110 valence electrons. The second kappa shape index (κ2) is 7.29. The lowest BCUT2D eigenvalue weighted by Gasteiger charge is -2.28. The molecule has 4 heteroatoms. The average molecular weight is 276 g/mol. The summed E-state index contributed by atoms with van der Waals surface area (Å²) in [5.74, 6) is 0.876. The summed E-state index contributed by atoms with van der Waals surface area (Å²) in [5.41, 5.74) is 0.719. The molecular formula is C16H24N2O2. The number of carbonyl (C=O) groups is 1. The summed E-state index contributed by atoms with van der Waals surface area (Å²) in [6, 6.07) is 7.81. The van der Waals surface area contributed by atoms with Crippen molar-refractivity contribution in [3.63, 3.8) is 0 Å². The van der Waals surface area contributed by atoms with Crippen LogP contribution in [-0.4, -0.2) is 43.1 Å². The molecule has 1 atom stereocenters. The zero-order chi connectivity index (χ0) is 14.4. The molecule has 2 rings (SSSR count). The second-order valence-electron chi connectivity index (χ2n) is 5.11. The summed E-state index contributed by atoms with van der Waals surface area (Å²) in [6.07, 6.45) is 2.02. The van der Waals surface area contributed by atoms with E-state index in [2.05, 4.69) is 12.2 Å². The smallest absolute Gasteiger partial charge is 0.254 e. The van der Waals surface area contributed by atoms with Crippen LogP contribution in [0, 0.1) is 0 Å². The Morgan fingerprint density at radius 3 is 2.95 bits per heavy atom. The fourth-order valence-electron chi connectivity index (χ4n) is 2.65. The van der Waals surface area contributed by atoms with E-state index >= 15 is 0 Å². The molecule has 1 amide bonds. The first kappa shape index (κ1) is 14.9. The maximum atomic E-state index is 12.7. The van der Waals surface area contributed by atoms with Gasteiger partial charge in [-0.05, 0) is 44.5 Å². The van der Waals surface area contributed by atoms with Crippen molar-refractivity contribution in [3.8, 4) is 5.75 Å². The van der Waals surface area contributed by atoms with E-state index < -0.39 is 0 Å². The summed E-state index contributed by atoms with van der Waals surface area (Å²) in [5, 5.41) is 3.33. The quantitative estimate of drug-likeness (QED) is 0.867. The lowest BCUT2D eigenvalue weighted by Crippen LogP contribution is -2.42. The number of ether oxygens (including phenoxy) is 1. The first-order valence-electron chi connectivity index (χ1n) is 7.50. The first-order chi connectivity index (χ1) is 9.76. The van der Waals surface area contributed by atoms with Gasteiger partial charge in [-0.15, -0.1) is 0 Å². The van der Waals surface area contributed by atoms with Gasteiger partial charge in [0.1, 0.15) is 5.75 Å². The maximum absolute atomic E-state index is 12.7. The Balaban J connectivity index is 2.15. The van der Waals surface area contributed by atoms with Crippen LogP contribution in [0.5, 0.6) is 5.75 Å². The topological polar surface area (TPSA) is 41.6 Å². The van der Waals surface area contributed by atoms with Crippen molar-refractivity contribution >= 4 is 5.91 Å². The Kier molecular flexibility index (Phi) is 5.41. The van der Waals surface area contributed by atoms with Crippen LogP contribution in [-0.2, 0) is 0 Å². The SMILES string of the molecule is CCCN(C(=O)c1cccc(OCC)c1)C1CCNC1. The lowest BCUT2D eigenvalue weighted by molar-refractivity contribution is 0.0692. The zero-order valence-corrected chi connectivity index (χ0v) is 12.4. The highest BCUT2D eigenvalue weighted by molar-refractivity contribution is 5.94. The van der Waals surface area contributed by atoms with E-state index in [9.17, 15) is 4.79 Å². The Hall–Kier alpha value is -1.55. The third kappa shape index (κ3) is 3.51. The normalized spacial score (nSPS) is 18.0. The number of benzene rings is 1. The van der Waals surface area contributed by atoms with Crippen molar-refractivity contribution in [3.05, 3.63) is 29.8 Å². The molecule has 20 heavy (non-hydrogen) atoms. The van der Waals surface area contributed by atoms with Crippen molar-refractivity contribution in [1.82, 2.24) is 10.2 Å². The summed E-state index contributed by atoms with van der Waals surface area (Å²) >= 11 is 0. The molecule has 0 saturated carbocycles. The molecule has 1 aromatic carbocycles. The molecule has 0 aliphatic carbocycles. The van der Waals surface area contributed by atoms with Crippen molar-refractivity contribution in [2.24, 2.45) is 0 Å². The predicted octanol–water partition coefficient (Wildman–Crippen LogP) is 2.30. The molecule has 1 fully saturated rings. The van der Waals surface area contributed by atoms with Crippen molar-refractivity contribution in [2.75, 3.05) is 26.2 Å². The van der Waals surface area contributed by atoms with E-state index in [0.717, 1.165) is 43.8 Å². The van der Waals surface area contributed by atoms with Gasteiger partial charge in [0.2, 0.25) is 0 Å². The van der Waals surface area contributed by atoms with Crippen molar-refractivity contribution in [2.45, 2.75) is 32.7 Å². The molecule has 1 aromatic rings. The molecule has 4 nitrogen and oxygen atoms in total. The molecule has 1 heterocycles. The fourth-order valence-corrected chi connectivity index (χ4v) is 2.65. The monoisotopic (exact) mass is 276 g/mol. The number of nitrogens with one attached hydrogen (secondary N) is 1. The van der Waals surface area contributed by atoms with Gasteiger partial charge in [-0.1, -0.05) is 13.0 Å². The molecule has 0 radical (unpaired) electrons. The highest BCUT2D eigenvalue weighted by atomic mass is 16.5. The standard InChI is InChI=1S/C16H24N2O2/c1-3-10-18(14-8-9-17-12-14)16(19)13-6-5-7-15(11-13)20-4-2/h5-7,11,14,17H,3-4,8-10,12H2,1-2H3. The van der Waals surface area contributed by atoms with Crippen LogP contribution in [0.2, 0.25) is 0 Å². The van der Waals surface area contributed by atoms with Crippen LogP contribution in [0.25, 0.3) is 0 Å². The molecule has 1 aliphatic heterocycles. The minimum Gasteiger partial charge on any atom is -0.494 e. The highest BCUT2D eigenvalue weighted by Gasteiger charge is 2.26. The van der Waals surface area contributed by atoms with Gasteiger partial charge < -0.3 is 15.0 Å². The Labute approximate surface area is 121 Å². The predicted molar refractivity (Wildman–Crippen MR) is 80.2 cm³/mol. The molecular weight excluding hydrogens is 252 g/mol. The molecule has 0 bridgehead atoms. The highest BCUT2D eigenvalue weighted by Crippen LogP contribution is 2.18. The van der Waals surface area contributed by atoms with Crippen LogP contribution < -0.4 is 10.1 Å². The van der Waals surface area contributed by atoms with Gasteiger partial charge in [-0.25, -0.2) is 0 Å². The van der Waals surface area contributed by atoms with E-state index in [1.807, 2.05) is 36.1 Å². The molecule has 0 spiro atoms. The second-order valence-corrected chi connectivity index (χ2v) is 5.11. The molecule has 1 aliphatic rings. The summed E-state index contributed by atoms with van der Waals surface area (Å²) in [6.45, 7) is 7.38. The van der Waals surface area contributed by atoms with Gasteiger partial charge in [-0.2, -0.15) is 0 Å². The van der Waals surface area contributed by atoms with Gasteiger partial charge in [0.25, 0.3) is 5.91 Å². The third-order valence-electron chi connectivity index (χ3n) is 3.59. The number of hydrogen-bond acceptors (Lipinski definition) is 3. The Morgan fingerprint density at radius 2 is 2.30 bits per heavy atom. The van der Waals surface area contributed by atoms with Crippen molar-refractivity contribution < 1.29 is 9.53 Å². The largest absolute Gasteiger partial charge is 0.494 e. The number of amides is 1. The van der Waals surface area contributed by atoms with Crippen LogP contribution in [0.4, 0.5) is 0 Å². The van der Waals surface area contributed by atoms with E-state index in [1.54, 1.807) is 0 Å². The fraction of sp³-hybridized carbons (Fsp3) is 0.562. The molecule has 1 unspecified atom stereocenters. The van der Waals surface area contributed by atoms with E-state index in [1.165, 1.54) is 0 Å². The number of nitrogens with zero attached hydrogens (tertiary/aromatic N) is 1. The minimum absolute atomic E-state index is 0.113. The number of rotatable bonds is 6. The van der Waals surface area contributed by atoms with E-state index in [0.29, 0.717) is 12.6 Å². The van der Waals surface area contributed by atoms with Gasteiger partial charge in [0, 0.05) is 24.7 Å². The van der Waals surface area contributed by atoms with Crippen LogP contribution in [0.1, 0.15) is 37.0 Å². The third-order valence-corrected chi connectivity index (χ3v) is 3.59. The molecule has 1 N–H and O–H groups in total. The lowest BCUT2D eigenvalue weighted by atomic mass is 10.1. The summed E-state index contributed by atoms with van der Waals surface area (Å²) in [7, 11) is 0. The van der Waals surface area contributed by atoms with Crippen molar-refractivity contribution in [1.29, 1.82) is 0 Å². The Bertz CT molecular complexity index is 442. The number of hydrogen-bond donors (Lipinski definition) is 1. The van der Waals surface area contributed by atoms with Crippen LogP contribution >= 0.6 is 0 Å². The Morgan fingerprint density at radius 1 is 1.45 bits per heavy atom. The zero-order valence-electron chi connectivity index (χ0n) is 12.4. The first-order valence-corrected chi connectivity index (χ1v) is 7.50. The van der Waals surface area contributed by atoms with E-state index in [-0.39, 0.29) is 5.91 Å². The molecule has 0 aromatic heterocycles. The maximum Gasteiger partial charge on any atom is 0.254 e. The van der Waals surface area contributed by atoms with Gasteiger partial charge in [-0.3, -0.25) is 4.79 Å². The molecule has 1 saturated heterocycles. The summed E-state index contributed by atoms with van der Waals surface area (Å²) < 4.78 is 5.48. The van der Waals surface area contributed by atoms with Gasteiger partial charge in [0.15, 0.2) is 0 Å². The van der Waals surface area contributed by atoms with Crippen LogP contribution in [0.3, 0.4) is 0 Å². The average Bonchev–Trinajstić information content (AvgIpc) is 2.98. The van der Waals surface area contributed by atoms with Gasteiger partial charge >= 0.3 is 0 Å². The number of carbonyl (C=O) groups excluding carboxylic acids is 1. The summed E-state index contributed by atoms with van der Waals surface area (Å²) in [4.78, 5) is 14.7.